The molecule has 0 atom stereocenters. The van der Waals surface area contributed by atoms with Gasteiger partial charge in [-0.15, -0.1) is 11.3 Å². The fourth-order valence-electron chi connectivity index (χ4n) is 4.29. The smallest absolute Gasteiger partial charge is 0.140 e. The highest BCUT2D eigenvalue weighted by molar-refractivity contribution is 7.18. The van der Waals surface area contributed by atoms with Crippen molar-refractivity contribution in [3.05, 3.63) is 120 Å². The number of benzene rings is 3. The molecule has 0 unspecified atom stereocenters. The van der Waals surface area contributed by atoms with E-state index >= 15 is 0 Å². The van der Waals surface area contributed by atoms with Gasteiger partial charge in [0.1, 0.15) is 34.5 Å². The highest BCUT2D eigenvalue weighted by Crippen LogP contribution is 2.28. The van der Waals surface area contributed by atoms with E-state index in [4.69, 9.17) is 4.74 Å². The Labute approximate surface area is 211 Å². The largest absolute Gasteiger partial charge is 0.486 e. The van der Waals surface area contributed by atoms with E-state index in [0.29, 0.717) is 12.1 Å². The molecule has 5 nitrogen and oxygen atoms in total. The van der Waals surface area contributed by atoms with E-state index in [-0.39, 0.29) is 5.82 Å². The number of rotatable bonds is 6. The van der Waals surface area contributed by atoms with Gasteiger partial charge >= 0.3 is 0 Å². The fourth-order valence-corrected chi connectivity index (χ4v) is 5.15. The van der Waals surface area contributed by atoms with Crippen LogP contribution in [0, 0.1) is 12.7 Å². The van der Waals surface area contributed by atoms with Gasteiger partial charge in [0.2, 0.25) is 0 Å². The molecule has 0 radical (unpaired) electrons. The van der Waals surface area contributed by atoms with E-state index < -0.39 is 0 Å². The molecule has 6 aromatic rings. The van der Waals surface area contributed by atoms with Crippen molar-refractivity contribution in [3.8, 4) is 11.4 Å². The number of hydrogen-bond acceptors (Lipinski definition) is 5. The monoisotopic (exact) mass is 492 g/mol. The molecule has 3 aromatic carbocycles. The maximum Gasteiger partial charge on any atom is 0.140 e. The van der Waals surface area contributed by atoms with Crippen LogP contribution in [0.1, 0.15) is 22.0 Å². The first-order chi connectivity index (χ1) is 17.5. The van der Waals surface area contributed by atoms with E-state index in [0.717, 1.165) is 54.7 Å². The Hall–Kier alpha value is -4.36. The molecule has 7 heteroatoms. The van der Waals surface area contributed by atoms with Gasteiger partial charge in [0.15, 0.2) is 0 Å². The van der Waals surface area contributed by atoms with E-state index in [9.17, 15) is 4.39 Å². The van der Waals surface area contributed by atoms with Crippen LogP contribution >= 0.6 is 11.3 Å². The number of nitrogens with zero attached hydrogens (tertiary/aromatic N) is 4. The van der Waals surface area contributed by atoms with Crippen LogP contribution in [-0.4, -0.2) is 19.5 Å². The summed E-state index contributed by atoms with van der Waals surface area (Å²) in [6.07, 6.45) is 3.56. The van der Waals surface area contributed by atoms with Gasteiger partial charge in [-0.2, -0.15) is 0 Å². The predicted octanol–water partition coefficient (Wildman–Crippen LogP) is 7.12. The summed E-state index contributed by atoms with van der Waals surface area (Å²) in [4.78, 5) is 13.3. The molecule has 176 valence electrons. The lowest BCUT2D eigenvalue weighted by molar-refractivity contribution is 0.306. The van der Waals surface area contributed by atoms with Gasteiger partial charge in [0, 0.05) is 18.0 Å². The van der Waals surface area contributed by atoms with Crippen LogP contribution in [0.15, 0.2) is 91.8 Å². The topological polar surface area (TPSA) is 52.8 Å². The van der Waals surface area contributed by atoms with Crippen LogP contribution in [0.3, 0.4) is 0 Å². The van der Waals surface area contributed by atoms with E-state index in [1.165, 1.54) is 23.5 Å². The molecule has 0 aliphatic rings. The summed E-state index contributed by atoms with van der Waals surface area (Å²) in [6.45, 7) is 6.63. The van der Waals surface area contributed by atoms with Crippen LogP contribution in [0.2, 0.25) is 0 Å². The van der Waals surface area contributed by atoms with Crippen LogP contribution in [0.4, 0.5) is 4.39 Å². The lowest BCUT2D eigenvalue weighted by Crippen LogP contribution is -1.98. The van der Waals surface area contributed by atoms with Crippen LogP contribution in [-0.2, 0) is 6.61 Å². The molecule has 0 N–H and O–H groups in total. The molecule has 36 heavy (non-hydrogen) atoms. The first-order valence-corrected chi connectivity index (χ1v) is 12.2. The summed E-state index contributed by atoms with van der Waals surface area (Å²) >= 11 is 1.50. The molecule has 0 aliphatic carbocycles. The molecule has 3 heterocycles. The summed E-state index contributed by atoms with van der Waals surface area (Å²) in [5.41, 5.74) is 6.48. The average molecular weight is 493 g/mol. The van der Waals surface area contributed by atoms with Gasteiger partial charge in [-0.05, 0) is 66.1 Å². The van der Waals surface area contributed by atoms with Crippen LogP contribution in [0.25, 0.3) is 32.5 Å². The third-order valence-corrected chi connectivity index (χ3v) is 7.05. The number of hydrogen-bond donors (Lipinski definition) is 0. The van der Waals surface area contributed by atoms with Crippen molar-refractivity contribution >= 4 is 38.2 Å². The first kappa shape index (κ1) is 22.1. The van der Waals surface area contributed by atoms with Gasteiger partial charge < -0.3 is 4.74 Å². The molecule has 0 fully saturated rings. The summed E-state index contributed by atoms with van der Waals surface area (Å²) in [5, 5.41) is 0.800. The lowest BCUT2D eigenvalue weighted by Gasteiger charge is -2.11. The van der Waals surface area contributed by atoms with E-state index in [1.54, 1.807) is 18.5 Å². The zero-order valence-electron chi connectivity index (χ0n) is 19.5. The number of imidazole rings is 1. The molecule has 0 amide bonds. The molecule has 0 saturated carbocycles. The number of thiazole rings is 1. The Morgan fingerprint density at radius 3 is 2.69 bits per heavy atom. The van der Waals surface area contributed by atoms with Gasteiger partial charge in [0.05, 0.1) is 21.9 Å². The number of halogens is 1. The van der Waals surface area contributed by atoms with Gasteiger partial charge in [-0.1, -0.05) is 30.8 Å². The Morgan fingerprint density at radius 2 is 1.83 bits per heavy atom. The number of fused-ring (bicyclic) bond motifs is 2. The molecular weight excluding hydrogens is 471 g/mol. The highest BCUT2D eigenvalue weighted by atomic mass is 32.1. The normalized spacial score (nSPS) is 11.3. The first-order valence-electron chi connectivity index (χ1n) is 11.4. The molecule has 0 spiro atoms. The third-order valence-electron chi connectivity index (χ3n) is 6.04. The minimum Gasteiger partial charge on any atom is -0.486 e. The number of pyridine rings is 1. The summed E-state index contributed by atoms with van der Waals surface area (Å²) < 4.78 is 22.5. The van der Waals surface area contributed by atoms with Crippen molar-refractivity contribution in [3.63, 3.8) is 0 Å². The lowest BCUT2D eigenvalue weighted by atomic mass is 9.99. The zero-order chi connectivity index (χ0) is 24.6. The maximum atomic E-state index is 13.4. The van der Waals surface area contributed by atoms with E-state index in [1.807, 2.05) is 37.3 Å². The molecular formula is C29H21FN4OS. The summed E-state index contributed by atoms with van der Waals surface area (Å²) in [6, 6.07) is 22.7. The minimum atomic E-state index is -0.287. The Kier molecular flexibility index (Phi) is 5.54. The van der Waals surface area contributed by atoms with Crippen molar-refractivity contribution in [2.24, 2.45) is 0 Å². The molecule has 0 bridgehead atoms. The van der Waals surface area contributed by atoms with Gasteiger partial charge in [-0.3, -0.25) is 9.55 Å². The second-order valence-corrected chi connectivity index (χ2v) is 9.54. The second kappa shape index (κ2) is 9.02. The Balaban J connectivity index is 1.20. The predicted molar refractivity (Wildman–Crippen MR) is 142 cm³/mol. The number of aryl methyl sites for hydroxylation is 1. The zero-order valence-corrected chi connectivity index (χ0v) is 20.3. The van der Waals surface area contributed by atoms with Gasteiger partial charge in [0.25, 0.3) is 0 Å². The molecule has 6 rings (SSSR count). The van der Waals surface area contributed by atoms with Crippen molar-refractivity contribution in [1.82, 2.24) is 19.5 Å². The summed E-state index contributed by atoms with van der Waals surface area (Å²) in [7, 11) is 0. The number of ether oxygens (including phenoxy) is 1. The van der Waals surface area contributed by atoms with Crippen LogP contribution < -0.4 is 4.74 Å². The molecule has 3 aromatic heterocycles. The minimum absolute atomic E-state index is 0.287. The maximum absolute atomic E-state index is 13.4. The van der Waals surface area contributed by atoms with Crippen LogP contribution in [0.5, 0.6) is 5.75 Å². The third kappa shape index (κ3) is 4.14. The Morgan fingerprint density at radius 1 is 0.972 bits per heavy atom. The SMILES string of the molecule is C=C(c1ccc(-n2c(C)nc3cnccc32)cc1)c1cccc(OCc2nc3cc(F)ccc3s2)c1. The van der Waals surface area contributed by atoms with Crippen molar-refractivity contribution in [2.45, 2.75) is 13.5 Å². The average Bonchev–Trinajstić information content (AvgIpc) is 3.46. The highest BCUT2D eigenvalue weighted by Gasteiger charge is 2.11. The molecule has 0 aliphatic heterocycles. The standard InChI is InChI=1S/C29H21FN4OS/c1-18(20-6-9-23(10-7-20)34-19(2)32-26-16-31-13-12-27(26)34)21-4-3-5-24(14-21)35-17-29-33-25-15-22(30)8-11-28(25)36-29/h3-16H,1,17H2,2H3. The number of aromatic nitrogens is 4. The van der Waals surface area contributed by atoms with Crippen molar-refractivity contribution < 1.29 is 9.13 Å². The quantitative estimate of drug-likeness (QED) is 0.248. The molecule has 0 saturated heterocycles. The van der Waals surface area contributed by atoms with Crippen molar-refractivity contribution in [1.29, 1.82) is 0 Å². The fraction of sp³-hybridized carbons (Fsp3) is 0.0690. The Bertz CT molecular complexity index is 1740. The summed E-state index contributed by atoms with van der Waals surface area (Å²) in [5.74, 6) is 1.35. The van der Waals surface area contributed by atoms with E-state index in [2.05, 4.69) is 50.4 Å². The van der Waals surface area contributed by atoms with Gasteiger partial charge in [-0.25, -0.2) is 14.4 Å². The second-order valence-electron chi connectivity index (χ2n) is 8.42. The van der Waals surface area contributed by atoms with Crippen molar-refractivity contribution in [2.75, 3.05) is 0 Å².